The molecule has 166 valence electrons. The Morgan fingerprint density at radius 1 is 0.970 bits per heavy atom. The van der Waals surface area contributed by atoms with Gasteiger partial charge >= 0.3 is 0 Å². The van der Waals surface area contributed by atoms with Gasteiger partial charge in [0.15, 0.2) is 16.8 Å². The molecular weight excluding hydrogens is 434 g/mol. The minimum absolute atomic E-state index is 0.0295. The Hall–Kier alpha value is -3.78. The molecule has 0 atom stereocenters. The van der Waals surface area contributed by atoms with Crippen LogP contribution in [-0.2, 0) is 4.79 Å². The van der Waals surface area contributed by atoms with Crippen LogP contribution >= 0.6 is 11.8 Å². The molecule has 0 saturated heterocycles. The highest BCUT2D eigenvalue weighted by Crippen LogP contribution is 2.29. The van der Waals surface area contributed by atoms with Gasteiger partial charge in [0.25, 0.3) is 0 Å². The summed E-state index contributed by atoms with van der Waals surface area (Å²) in [6.45, 7) is 3.82. The Labute approximate surface area is 196 Å². The fourth-order valence-corrected chi connectivity index (χ4v) is 4.12. The van der Waals surface area contributed by atoms with Gasteiger partial charge in [0.05, 0.1) is 11.4 Å². The van der Waals surface area contributed by atoms with E-state index in [1.54, 1.807) is 43.6 Å². The van der Waals surface area contributed by atoms with Crippen LogP contribution in [0.5, 0.6) is 0 Å². The Balaban J connectivity index is 1.57. The van der Waals surface area contributed by atoms with Crippen molar-refractivity contribution in [3.8, 4) is 17.1 Å². The van der Waals surface area contributed by atoms with Crippen LogP contribution in [-0.4, -0.2) is 37.2 Å². The lowest BCUT2D eigenvalue weighted by Gasteiger charge is -2.12. The van der Waals surface area contributed by atoms with Crippen LogP contribution in [0, 0.1) is 6.92 Å². The predicted molar refractivity (Wildman–Crippen MR) is 130 cm³/mol. The summed E-state index contributed by atoms with van der Waals surface area (Å²) in [5, 5.41) is 12.2. The molecule has 2 aromatic carbocycles. The first-order valence-corrected chi connectivity index (χ1v) is 11.5. The second kappa shape index (κ2) is 10.2. The maximum atomic E-state index is 12.8. The topological polar surface area (TPSA) is 89.8 Å². The number of ketones is 1. The first-order chi connectivity index (χ1) is 16.1. The smallest absolute Gasteiger partial charge is 0.224 e. The predicted octanol–water partition coefficient (Wildman–Crippen LogP) is 4.96. The quantitative estimate of drug-likeness (QED) is 0.297. The van der Waals surface area contributed by atoms with Crippen molar-refractivity contribution in [1.29, 1.82) is 0 Å². The first kappa shape index (κ1) is 22.4. The van der Waals surface area contributed by atoms with Gasteiger partial charge in [-0.05, 0) is 55.0 Å². The molecule has 2 heterocycles. The number of benzene rings is 2. The summed E-state index contributed by atoms with van der Waals surface area (Å²) < 4.78 is 1.98. The third-order valence-electron chi connectivity index (χ3n) is 5.07. The molecule has 0 saturated carbocycles. The summed E-state index contributed by atoms with van der Waals surface area (Å²) in [5.41, 5.74) is 4.18. The Bertz CT molecular complexity index is 1270. The largest absolute Gasteiger partial charge is 0.326 e. The van der Waals surface area contributed by atoms with Crippen LogP contribution in [0.3, 0.4) is 0 Å². The number of Topliss-reactive ketones (excluding diaryl/α,β-unsaturated/α-hetero) is 1. The molecule has 4 aromatic rings. The lowest BCUT2D eigenvalue weighted by Crippen LogP contribution is -2.10. The highest BCUT2D eigenvalue weighted by molar-refractivity contribution is 7.99. The molecule has 2 aromatic heterocycles. The maximum Gasteiger partial charge on any atom is 0.224 e. The molecule has 0 aliphatic rings. The highest BCUT2D eigenvalue weighted by atomic mass is 32.2. The van der Waals surface area contributed by atoms with Gasteiger partial charge in [0, 0.05) is 35.6 Å². The van der Waals surface area contributed by atoms with E-state index in [0.29, 0.717) is 28.7 Å². The number of hydrogen-bond donors (Lipinski definition) is 1. The van der Waals surface area contributed by atoms with Crippen LogP contribution in [0.25, 0.3) is 17.1 Å². The molecular formula is C25H23N5O2S. The zero-order chi connectivity index (χ0) is 23.2. The van der Waals surface area contributed by atoms with Crippen LogP contribution in [0.4, 0.5) is 5.69 Å². The summed E-state index contributed by atoms with van der Waals surface area (Å²) in [4.78, 5) is 28.4. The second-order valence-corrected chi connectivity index (χ2v) is 8.30. The highest BCUT2D eigenvalue weighted by Gasteiger charge is 2.19. The second-order valence-electron chi connectivity index (χ2n) is 7.35. The van der Waals surface area contributed by atoms with E-state index in [1.165, 1.54) is 11.8 Å². The average Bonchev–Trinajstić information content (AvgIpc) is 3.27. The van der Waals surface area contributed by atoms with E-state index < -0.39 is 0 Å². The number of nitrogens with zero attached hydrogens (tertiary/aromatic N) is 4. The Kier molecular flexibility index (Phi) is 6.95. The molecule has 0 unspecified atom stereocenters. The summed E-state index contributed by atoms with van der Waals surface area (Å²) in [6.07, 6.45) is 3.84. The molecule has 0 fully saturated rings. The number of pyridine rings is 1. The first-order valence-electron chi connectivity index (χ1n) is 10.5. The van der Waals surface area contributed by atoms with Crippen molar-refractivity contribution in [2.45, 2.75) is 25.4 Å². The van der Waals surface area contributed by atoms with E-state index in [-0.39, 0.29) is 17.4 Å². The maximum absolute atomic E-state index is 12.8. The van der Waals surface area contributed by atoms with Crippen molar-refractivity contribution in [3.05, 3.63) is 84.2 Å². The molecule has 8 heteroatoms. The van der Waals surface area contributed by atoms with Gasteiger partial charge in [-0.1, -0.05) is 36.9 Å². The number of hydrogen-bond acceptors (Lipinski definition) is 6. The lowest BCUT2D eigenvalue weighted by molar-refractivity contribution is -0.115. The minimum atomic E-state index is -0.0647. The van der Waals surface area contributed by atoms with Crippen LogP contribution in [0.2, 0.25) is 0 Å². The van der Waals surface area contributed by atoms with Crippen molar-refractivity contribution in [3.63, 3.8) is 0 Å². The normalized spacial score (nSPS) is 10.7. The summed E-state index contributed by atoms with van der Waals surface area (Å²) >= 11 is 1.34. The molecule has 0 spiro atoms. The fourth-order valence-electron chi connectivity index (χ4n) is 3.29. The number of amides is 1. The van der Waals surface area contributed by atoms with Crippen molar-refractivity contribution in [2.24, 2.45) is 0 Å². The van der Waals surface area contributed by atoms with Crippen LogP contribution in [0.1, 0.15) is 29.3 Å². The average molecular weight is 458 g/mol. The molecule has 0 aliphatic carbocycles. The van der Waals surface area contributed by atoms with E-state index in [4.69, 9.17) is 0 Å². The number of aryl methyl sites for hydroxylation is 1. The van der Waals surface area contributed by atoms with E-state index >= 15 is 0 Å². The summed E-state index contributed by atoms with van der Waals surface area (Å²) in [6, 6.07) is 18.7. The molecule has 33 heavy (non-hydrogen) atoms. The van der Waals surface area contributed by atoms with Gasteiger partial charge in [-0.15, -0.1) is 10.2 Å². The number of aromatic nitrogens is 4. The van der Waals surface area contributed by atoms with E-state index in [1.807, 2.05) is 47.9 Å². The van der Waals surface area contributed by atoms with Crippen LogP contribution < -0.4 is 5.32 Å². The van der Waals surface area contributed by atoms with E-state index in [0.717, 1.165) is 16.8 Å². The third-order valence-corrected chi connectivity index (χ3v) is 6.00. The lowest BCUT2D eigenvalue weighted by atomic mass is 10.1. The van der Waals surface area contributed by atoms with Gasteiger partial charge in [0.1, 0.15) is 0 Å². The molecule has 7 nitrogen and oxygen atoms in total. The fraction of sp³-hybridized carbons (Fsp3) is 0.160. The standard InChI is InChI=1S/C25H23N5O2S/c1-3-23(32)27-20-10-8-18(9-11-20)22(31)16-33-25-29-28-24(19-12-14-26-15-13-19)30(25)21-7-5-4-6-17(21)2/h4-15H,3,16H2,1-2H3,(H,27,32). The van der Waals surface area contributed by atoms with E-state index in [9.17, 15) is 9.59 Å². The molecule has 0 radical (unpaired) electrons. The zero-order valence-electron chi connectivity index (χ0n) is 18.4. The summed E-state index contributed by atoms with van der Waals surface area (Å²) in [7, 11) is 0. The Morgan fingerprint density at radius 3 is 2.39 bits per heavy atom. The third kappa shape index (κ3) is 5.18. The minimum Gasteiger partial charge on any atom is -0.326 e. The zero-order valence-corrected chi connectivity index (χ0v) is 19.2. The number of nitrogens with one attached hydrogen (secondary N) is 1. The van der Waals surface area contributed by atoms with Crippen molar-refractivity contribution < 1.29 is 9.59 Å². The van der Waals surface area contributed by atoms with Crippen LogP contribution in [0.15, 0.2) is 78.2 Å². The molecule has 1 N–H and O–H groups in total. The number of carbonyl (C=O) groups excluding carboxylic acids is 2. The number of carbonyl (C=O) groups is 2. The number of thioether (sulfide) groups is 1. The van der Waals surface area contributed by atoms with Gasteiger partial charge in [-0.2, -0.15) is 0 Å². The van der Waals surface area contributed by atoms with Gasteiger partial charge in [-0.3, -0.25) is 19.1 Å². The number of anilines is 1. The molecule has 0 bridgehead atoms. The van der Waals surface area contributed by atoms with E-state index in [2.05, 4.69) is 20.5 Å². The Morgan fingerprint density at radius 2 is 1.70 bits per heavy atom. The molecule has 1 amide bonds. The number of rotatable bonds is 8. The SMILES string of the molecule is CCC(=O)Nc1ccc(C(=O)CSc2nnc(-c3ccncc3)n2-c2ccccc2C)cc1. The molecule has 4 rings (SSSR count). The van der Waals surface area contributed by atoms with Crippen molar-refractivity contribution in [2.75, 3.05) is 11.1 Å². The van der Waals surface area contributed by atoms with Gasteiger partial charge in [-0.25, -0.2) is 0 Å². The van der Waals surface area contributed by atoms with Gasteiger partial charge in [0.2, 0.25) is 5.91 Å². The molecule has 0 aliphatic heterocycles. The monoisotopic (exact) mass is 457 g/mol. The summed E-state index contributed by atoms with van der Waals surface area (Å²) in [5.74, 6) is 0.808. The number of para-hydroxylation sites is 1. The van der Waals surface area contributed by atoms with Gasteiger partial charge < -0.3 is 5.32 Å². The van der Waals surface area contributed by atoms with Crippen molar-refractivity contribution in [1.82, 2.24) is 19.7 Å². The van der Waals surface area contributed by atoms with Crippen molar-refractivity contribution >= 4 is 29.1 Å².